The van der Waals surface area contributed by atoms with Gasteiger partial charge in [0.15, 0.2) is 0 Å². The van der Waals surface area contributed by atoms with Gasteiger partial charge in [0.2, 0.25) is 0 Å². The molecule has 0 unspecified atom stereocenters. The minimum atomic E-state index is -4.91. The number of hydrogen-bond acceptors (Lipinski definition) is 5. The molecule has 3 aromatic rings. The van der Waals surface area contributed by atoms with Crippen LogP contribution in [-0.4, -0.2) is 22.5 Å². The molecule has 0 bridgehead atoms. The molecule has 27 heavy (non-hydrogen) atoms. The van der Waals surface area contributed by atoms with Crippen LogP contribution in [0.4, 0.5) is 13.2 Å². The number of para-hydroxylation sites is 1. The Kier molecular flexibility index (Phi) is 4.32. The number of aromatic amines is 1. The summed E-state index contributed by atoms with van der Waals surface area (Å²) in [6.07, 6.45) is -4.83. The number of nitrogens with zero attached hydrogens (tertiary/aromatic N) is 1. The van der Waals surface area contributed by atoms with Gasteiger partial charge in [-0.25, -0.2) is 0 Å². The molecule has 2 aromatic carbocycles. The Bertz CT molecular complexity index is 1260. The molecule has 0 amide bonds. The summed E-state index contributed by atoms with van der Waals surface area (Å²) < 4.78 is 75.2. The van der Waals surface area contributed by atoms with Gasteiger partial charge >= 0.3 is 27.7 Å². The van der Waals surface area contributed by atoms with Crippen LogP contribution in [0.15, 0.2) is 52.1 Å². The summed E-state index contributed by atoms with van der Waals surface area (Å²) in [6.45, 7) is 0. The van der Waals surface area contributed by atoms with Crippen LogP contribution in [0.3, 0.4) is 0 Å². The predicted octanol–water partition coefficient (Wildman–Crippen LogP) is 1.88. The molecule has 0 fully saturated rings. The van der Waals surface area contributed by atoms with Gasteiger partial charge in [-0.15, -0.1) is 0 Å². The largest absolute Gasteiger partial charge is 0.446 e. The monoisotopic (exact) mass is 402 g/mol. The molecule has 0 aliphatic heterocycles. The third-order valence-corrected chi connectivity index (χ3v) is 3.91. The molecule has 2 N–H and O–H groups in total. The minimum Gasteiger partial charge on any atom is -0.362 e. The average molecular weight is 402 g/mol. The number of rotatable bonds is 3. The Morgan fingerprint density at radius 3 is 2.37 bits per heavy atom. The van der Waals surface area contributed by atoms with Crippen LogP contribution in [0.25, 0.3) is 16.7 Å². The van der Waals surface area contributed by atoms with Gasteiger partial charge in [0.05, 0.1) is 22.3 Å². The van der Waals surface area contributed by atoms with Crippen molar-refractivity contribution in [2.45, 2.75) is 6.18 Å². The van der Waals surface area contributed by atoms with Crippen LogP contribution in [0.5, 0.6) is 5.75 Å². The molecule has 0 radical (unpaired) electrons. The molecule has 1 heterocycles. The molecule has 0 saturated carbocycles. The summed E-state index contributed by atoms with van der Waals surface area (Å²) in [5, 5.41) is 0. The molecule has 8 nitrogen and oxygen atoms in total. The SMILES string of the molecule is O=c1[nH]c2ccc(OS(=O)(=O)O)cc2n(-c2ccccc2C(F)(F)F)c1=O. The maximum atomic E-state index is 13.3. The number of H-pyrrole nitrogens is 1. The highest BCUT2D eigenvalue weighted by molar-refractivity contribution is 7.81. The molecule has 12 heteroatoms. The highest BCUT2D eigenvalue weighted by Crippen LogP contribution is 2.34. The van der Waals surface area contributed by atoms with E-state index in [-0.39, 0.29) is 11.0 Å². The van der Waals surface area contributed by atoms with E-state index >= 15 is 0 Å². The number of fused-ring (bicyclic) bond motifs is 1. The van der Waals surface area contributed by atoms with Crippen LogP contribution < -0.4 is 15.3 Å². The first kappa shape index (κ1) is 18.7. The van der Waals surface area contributed by atoms with Gasteiger partial charge < -0.3 is 9.17 Å². The van der Waals surface area contributed by atoms with Crippen LogP contribution in [-0.2, 0) is 16.6 Å². The van der Waals surface area contributed by atoms with Crippen molar-refractivity contribution < 1.29 is 30.3 Å². The van der Waals surface area contributed by atoms with Gasteiger partial charge in [0.1, 0.15) is 5.75 Å². The molecule has 1 aromatic heterocycles. The first-order chi connectivity index (χ1) is 12.5. The fraction of sp³-hybridized carbons (Fsp3) is 0.0667. The lowest BCUT2D eigenvalue weighted by Crippen LogP contribution is -2.36. The highest BCUT2D eigenvalue weighted by Gasteiger charge is 2.34. The van der Waals surface area contributed by atoms with Crippen molar-refractivity contribution in [3.63, 3.8) is 0 Å². The van der Waals surface area contributed by atoms with Crippen molar-refractivity contribution in [1.82, 2.24) is 9.55 Å². The quantitative estimate of drug-likeness (QED) is 0.510. The smallest absolute Gasteiger partial charge is 0.362 e. The van der Waals surface area contributed by atoms with Gasteiger partial charge in [-0.1, -0.05) is 12.1 Å². The Labute approximate surface area is 148 Å². The van der Waals surface area contributed by atoms with Crippen LogP contribution in [0, 0.1) is 0 Å². The van der Waals surface area contributed by atoms with E-state index in [9.17, 15) is 31.2 Å². The van der Waals surface area contributed by atoms with E-state index in [1.807, 2.05) is 0 Å². The van der Waals surface area contributed by atoms with Crippen molar-refractivity contribution in [3.8, 4) is 11.4 Å². The molecule has 0 saturated heterocycles. The summed E-state index contributed by atoms with van der Waals surface area (Å²) in [5.41, 5.74) is -4.63. The molecule has 0 aliphatic rings. The lowest BCUT2D eigenvalue weighted by Gasteiger charge is -2.16. The van der Waals surface area contributed by atoms with Gasteiger partial charge in [0.25, 0.3) is 0 Å². The van der Waals surface area contributed by atoms with E-state index < -0.39 is 44.7 Å². The molecule has 3 rings (SSSR count). The maximum absolute atomic E-state index is 13.3. The topological polar surface area (TPSA) is 118 Å². The number of alkyl halides is 3. The van der Waals surface area contributed by atoms with E-state index in [1.54, 1.807) is 0 Å². The zero-order valence-corrected chi connectivity index (χ0v) is 13.8. The maximum Gasteiger partial charge on any atom is 0.446 e. The fourth-order valence-electron chi connectivity index (χ4n) is 2.51. The second-order valence-electron chi connectivity index (χ2n) is 5.30. The van der Waals surface area contributed by atoms with Crippen LogP contribution in [0.2, 0.25) is 0 Å². The number of hydrogen-bond donors (Lipinski definition) is 2. The van der Waals surface area contributed by atoms with Gasteiger partial charge in [-0.05, 0) is 24.3 Å². The lowest BCUT2D eigenvalue weighted by molar-refractivity contribution is -0.137. The van der Waals surface area contributed by atoms with Crippen molar-refractivity contribution in [2.24, 2.45) is 0 Å². The lowest BCUT2D eigenvalue weighted by atomic mass is 10.1. The van der Waals surface area contributed by atoms with E-state index in [2.05, 4.69) is 9.17 Å². The van der Waals surface area contributed by atoms with Gasteiger partial charge in [0, 0.05) is 6.07 Å². The molecule has 0 aliphatic carbocycles. The van der Waals surface area contributed by atoms with E-state index in [1.165, 1.54) is 6.07 Å². The Hall–Kier alpha value is -3.12. The Balaban J connectivity index is 2.42. The van der Waals surface area contributed by atoms with Crippen molar-refractivity contribution >= 4 is 21.4 Å². The second kappa shape index (κ2) is 6.25. The summed E-state index contributed by atoms with van der Waals surface area (Å²) in [5.74, 6) is -0.477. The summed E-state index contributed by atoms with van der Waals surface area (Å²) >= 11 is 0. The normalized spacial score (nSPS) is 12.3. The molecule has 0 spiro atoms. The van der Waals surface area contributed by atoms with Gasteiger partial charge in [-0.2, -0.15) is 21.6 Å². The summed E-state index contributed by atoms with van der Waals surface area (Å²) in [4.78, 5) is 26.3. The van der Waals surface area contributed by atoms with Crippen LogP contribution >= 0.6 is 0 Å². The molecule has 0 atom stereocenters. The first-order valence-corrected chi connectivity index (χ1v) is 8.46. The first-order valence-electron chi connectivity index (χ1n) is 7.10. The summed E-state index contributed by atoms with van der Waals surface area (Å²) in [7, 11) is -4.91. The van der Waals surface area contributed by atoms with Crippen molar-refractivity contribution in [2.75, 3.05) is 0 Å². The molecular weight excluding hydrogens is 393 g/mol. The predicted molar refractivity (Wildman–Crippen MR) is 87.3 cm³/mol. The fourth-order valence-corrected chi connectivity index (χ4v) is 2.86. The highest BCUT2D eigenvalue weighted by atomic mass is 32.3. The number of aromatic nitrogens is 2. The zero-order chi connectivity index (χ0) is 20.0. The van der Waals surface area contributed by atoms with Crippen molar-refractivity contribution in [3.05, 3.63) is 68.7 Å². The van der Waals surface area contributed by atoms with E-state index in [0.29, 0.717) is 4.57 Å². The average Bonchev–Trinajstić information content (AvgIpc) is 2.54. The Morgan fingerprint density at radius 2 is 1.74 bits per heavy atom. The zero-order valence-electron chi connectivity index (χ0n) is 13.0. The number of halogens is 3. The second-order valence-corrected chi connectivity index (χ2v) is 6.32. The standard InChI is InChI=1S/C15H9F3N2O6S/c16-15(17,18)9-3-1-2-4-11(9)20-12-7-8(26-27(23,24)25)5-6-10(12)19-13(21)14(20)22/h1-7H,(H,19,21)(H,23,24,25). The molecule has 142 valence electrons. The summed E-state index contributed by atoms with van der Waals surface area (Å²) in [6, 6.07) is 7.11. The van der Waals surface area contributed by atoms with Crippen LogP contribution in [0.1, 0.15) is 5.56 Å². The van der Waals surface area contributed by atoms with Gasteiger partial charge in [-0.3, -0.25) is 18.7 Å². The third kappa shape index (κ3) is 3.71. The van der Waals surface area contributed by atoms with E-state index in [0.717, 1.165) is 36.4 Å². The number of nitrogens with one attached hydrogen (secondary N) is 1. The van der Waals surface area contributed by atoms with Crippen molar-refractivity contribution in [1.29, 1.82) is 0 Å². The third-order valence-electron chi connectivity index (χ3n) is 3.51. The number of benzene rings is 2. The minimum absolute atomic E-state index is 0.0562. The van der Waals surface area contributed by atoms with E-state index in [4.69, 9.17) is 4.55 Å². The Morgan fingerprint density at radius 1 is 1.07 bits per heavy atom. The molecular formula is C15H9F3N2O6S.